The van der Waals surface area contributed by atoms with Crippen molar-refractivity contribution in [2.24, 2.45) is 0 Å². The number of likely N-dealkylation sites (tertiary alicyclic amines) is 1. The molecule has 3 aromatic rings. The molecule has 0 aliphatic carbocycles. The lowest BCUT2D eigenvalue weighted by Gasteiger charge is -2.37. The van der Waals surface area contributed by atoms with Gasteiger partial charge >= 0.3 is 5.97 Å². The van der Waals surface area contributed by atoms with Crippen LogP contribution in [0.5, 0.6) is 34.5 Å². The molecule has 1 aliphatic heterocycles. The molecule has 12 nitrogen and oxygen atoms in total. The predicted molar refractivity (Wildman–Crippen MR) is 196 cm³/mol. The van der Waals surface area contributed by atoms with Crippen molar-refractivity contribution in [3.63, 3.8) is 0 Å². The largest absolute Gasteiger partial charge is 0.493 e. The Morgan fingerprint density at radius 2 is 1.50 bits per heavy atom. The molecule has 3 atom stereocenters. The van der Waals surface area contributed by atoms with Gasteiger partial charge in [0.1, 0.15) is 17.9 Å². The van der Waals surface area contributed by atoms with Crippen molar-refractivity contribution in [2.75, 3.05) is 55.2 Å². The zero-order valence-electron chi connectivity index (χ0n) is 31.3. The van der Waals surface area contributed by atoms with Crippen LogP contribution in [0.2, 0.25) is 0 Å². The number of carbonyl (C=O) groups is 3. The van der Waals surface area contributed by atoms with Gasteiger partial charge in [0.15, 0.2) is 29.6 Å². The van der Waals surface area contributed by atoms with Gasteiger partial charge in [0.2, 0.25) is 11.7 Å². The number of likely N-dealkylation sites (N-methyl/N-ethyl adjacent to an activating group) is 1. The Bertz CT molecular complexity index is 1640. The van der Waals surface area contributed by atoms with Crippen LogP contribution in [0.1, 0.15) is 74.7 Å². The number of hydrogen-bond donors (Lipinski definition) is 1. The van der Waals surface area contributed by atoms with Crippen LogP contribution in [0.15, 0.2) is 54.6 Å². The Hall–Kier alpha value is -5.13. The number of para-hydroxylation sites is 1. The molecule has 282 valence electrons. The van der Waals surface area contributed by atoms with Gasteiger partial charge in [-0.3, -0.25) is 9.59 Å². The second-order valence-corrected chi connectivity index (χ2v) is 12.4. The van der Waals surface area contributed by atoms with Gasteiger partial charge < -0.3 is 43.4 Å². The minimum atomic E-state index is -0.788. The van der Waals surface area contributed by atoms with Crippen LogP contribution < -0.4 is 33.7 Å². The molecule has 1 heterocycles. The summed E-state index contributed by atoms with van der Waals surface area (Å²) in [5, 5.41) is 2.74. The van der Waals surface area contributed by atoms with E-state index in [0.717, 1.165) is 18.4 Å². The van der Waals surface area contributed by atoms with Crippen LogP contribution in [0, 0.1) is 0 Å². The van der Waals surface area contributed by atoms with Crippen LogP contribution in [-0.2, 0) is 25.5 Å². The summed E-state index contributed by atoms with van der Waals surface area (Å²) in [7, 11) is 7.76. The summed E-state index contributed by atoms with van der Waals surface area (Å²) in [5.74, 6) is 1.47. The van der Waals surface area contributed by atoms with E-state index in [1.54, 1.807) is 43.4 Å². The molecule has 0 aromatic heterocycles. The quantitative estimate of drug-likeness (QED) is 0.155. The first-order chi connectivity index (χ1) is 25.2. The number of ether oxygens (including phenoxy) is 7. The lowest BCUT2D eigenvalue weighted by atomic mass is 9.91. The number of carbonyl (C=O) groups excluding carboxylic acids is 3. The molecular formula is C40H52N2O10. The van der Waals surface area contributed by atoms with E-state index in [1.807, 2.05) is 44.2 Å². The maximum atomic E-state index is 14.4. The van der Waals surface area contributed by atoms with E-state index in [2.05, 4.69) is 5.32 Å². The molecule has 0 saturated carbocycles. The van der Waals surface area contributed by atoms with Crippen molar-refractivity contribution in [3.05, 3.63) is 71.3 Å². The van der Waals surface area contributed by atoms with Crippen molar-refractivity contribution < 1.29 is 47.5 Å². The summed E-state index contributed by atoms with van der Waals surface area (Å²) in [4.78, 5) is 42.6. The van der Waals surface area contributed by atoms with Crippen molar-refractivity contribution >= 4 is 17.8 Å². The second kappa shape index (κ2) is 19.5. The standard InChI is InChI=1S/C40H52N2O10/c1-8-28(27-23-35(48-5)38(50-7)36(24-27)49-6)39(44)42-21-13-12-15-30(42)40(45)52-32(19-17-26-18-20-33(46-3)34(22-26)47-4)29-14-10-11-16-31(29)51-25-37(43)41-9-2/h10-11,14,16,18,20,22-24,28,30,32H,8-9,12-13,15,17,19,21,25H2,1-7H3,(H,41,43)/t28-,30-,32+/m0/s1. The number of nitrogens with one attached hydrogen (secondary N) is 1. The van der Waals surface area contributed by atoms with Gasteiger partial charge in [0.05, 0.1) is 41.5 Å². The number of aryl methyl sites for hydroxylation is 1. The van der Waals surface area contributed by atoms with Crippen LogP contribution in [0.4, 0.5) is 0 Å². The van der Waals surface area contributed by atoms with Crippen molar-refractivity contribution in [2.45, 2.75) is 70.4 Å². The lowest BCUT2D eigenvalue weighted by molar-refractivity contribution is -0.162. The Labute approximate surface area is 306 Å². The third kappa shape index (κ3) is 9.59. The number of piperidine rings is 1. The molecule has 0 unspecified atom stereocenters. The Balaban J connectivity index is 1.64. The molecule has 3 aromatic carbocycles. The molecule has 0 spiro atoms. The third-order valence-electron chi connectivity index (χ3n) is 9.25. The predicted octanol–water partition coefficient (Wildman–Crippen LogP) is 6.04. The highest BCUT2D eigenvalue weighted by atomic mass is 16.6. The van der Waals surface area contributed by atoms with Gasteiger partial charge in [-0.05, 0) is 86.9 Å². The maximum Gasteiger partial charge on any atom is 0.329 e. The SMILES string of the molecule is CCNC(=O)COc1ccccc1[C@@H](CCc1ccc(OC)c(OC)c1)OC(=O)[C@@H]1CCCCN1C(=O)[C@@H](CC)c1cc(OC)c(OC)c(OC)c1. The minimum Gasteiger partial charge on any atom is -0.493 e. The second-order valence-electron chi connectivity index (χ2n) is 12.4. The number of esters is 1. The normalized spacial score (nSPS) is 15.1. The number of rotatable bonds is 18. The Kier molecular flexibility index (Phi) is 14.8. The Morgan fingerprint density at radius 1 is 0.808 bits per heavy atom. The highest BCUT2D eigenvalue weighted by Crippen LogP contribution is 2.42. The van der Waals surface area contributed by atoms with Crippen LogP contribution >= 0.6 is 0 Å². The lowest BCUT2D eigenvalue weighted by Crippen LogP contribution is -2.50. The highest BCUT2D eigenvalue weighted by Gasteiger charge is 2.38. The van der Waals surface area contributed by atoms with Gasteiger partial charge in [0.25, 0.3) is 5.91 Å². The molecule has 1 saturated heterocycles. The number of amides is 2. The summed E-state index contributed by atoms with van der Waals surface area (Å²) in [6.07, 6.45) is 2.66. The topological polar surface area (TPSA) is 131 Å². The summed E-state index contributed by atoms with van der Waals surface area (Å²) in [5.41, 5.74) is 2.27. The molecule has 52 heavy (non-hydrogen) atoms. The van der Waals surface area contributed by atoms with E-state index >= 15 is 0 Å². The zero-order valence-corrected chi connectivity index (χ0v) is 31.3. The van der Waals surface area contributed by atoms with Gasteiger partial charge in [-0.1, -0.05) is 31.2 Å². The molecule has 0 bridgehead atoms. The molecule has 2 amide bonds. The fraction of sp³-hybridized carbons (Fsp3) is 0.475. The summed E-state index contributed by atoms with van der Waals surface area (Å²) < 4.78 is 39.9. The molecule has 1 fully saturated rings. The highest BCUT2D eigenvalue weighted by molar-refractivity contribution is 5.89. The number of nitrogens with zero attached hydrogens (tertiary/aromatic N) is 1. The molecule has 4 rings (SSSR count). The van der Waals surface area contributed by atoms with Gasteiger partial charge in [-0.2, -0.15) is 0 Å². The van der Waals surface area contributed by atoms with Crippen molar-refractivity contribution in [3.8, 4) is 34.5 Å². The van der Waals surface area contributed by atoms with Crippen LogP contribution in [-0.4, -0.2) is 84.0 Å². The minimum absolute atomic E-state index is 0.175. The fourth-order valence-electron chi connectivity index (χ4n) is 6.60. The molecule has 0 radical (unpaired) electrons. The van der Waals surface area contributed by atoms with E-state index in [4.69, 9.17) is 33.2 Å². The molecule has 12 heteroatoms. The first kappa shape index (κ1) is 39.7. The van der Waals surface area contributed by atoms with Crippen molar-refractivity contribution in [1.29, 1.82) is 0 Å². The van der Waals surface area contributed by atoms with Crippen LogP contribution in [0.3, 0.4) is 0 Å². The van der Waals surface area contributed by atoms with Gasteiger partial charge in [0, 0.05) is 18.7 Å². The van der Waals surface area contributed by atoms with E-state index in [9.17, 15) is 14.4 Å². The van der Waals surface area contributed by atoms with E-state index in [1.165, 1.54) is 21.3 Å². The summed E-state index contributed by atoms with van der Waals surface area (Å²) in [6.45, 7) is 4.48. The first-order valence-corrected chi connectivity index (χ1v) is 17.7. The Morgan fingerprint density at radius 3 is 2.13 bits per heavy atom. The molecular weight excluding hydrogens is 668 g/mol. The van der Waals surface area contributed by atoms with E-state index < -0.39 is 24.0 Å². The third-order valence-corrected chi connectivity index (χ3v) is 9.25. The van der Waals surface area contributed by atoms with Crippen LogP contribution in [0.25, 0.3) is 0 Å². The fourth-order valence-corrected chi connectivity index (χ4v) is 6.60. The molecule has 1 aliphatic rings. The number of hydrogen-bond acceptors (Lipinski definition) is 10. The monoisotopic (exact) mass is 720 g/mol. The maximum absolute atomic E-state index is 14.4. The summed E-state index contributed by atoms with van der Waals surface area (Å²) in [6, 6.07) is 15.7. The number of methoxy groups -OCH3 is 5. The average molecular weight is 721 g/mol. The zero-order chi connectivity index (χ0) is 37.6. The average Bonchev–Trinajstić information content (AvgIpc) is 3.18. The summed E-state index contributed by atoms with van der Waals surface area (Å²) >= 11 is 0. The number of benzene rings is 3. The van der Waals surface area contributed by atoms with Gasteiger partial charge in [-0.15, -0.1) is 0 Å². The van der Waals surface area contributed by atoms with Crippen molar-refractivity contribution in [1.82, 2.24) is 10.2 Å². The van der Waals surface area contributed by atoms with E-state index in [-0.39, 0.29) is 18.4 Å². The molecule has 1 N–H and O–H groups in total. The van der Waals surface area contributed by atoms with E-state index in [0.29, 0.717) is 84.4 Å². The first-order valence-electron chi connectivity index (χ1n) is 17.7. The van der Waals surface area contributed by atoms with Gasteiger partial charge in [-0.25, -0.2) is 4.79 Å². The smallest absolute Gasteiger partial charge is 0.329 e.